The first-order valence-electron chi connectivity index (χ1n) is 6.87. The quantitative estimate of drug-likeness (QED) is 0.601. The minimum absolute atomic E-state index is 0.916. The summed E-state index contributed by atoms with van der Waals surface area (Å²) in [6, 6.07) is 8.30. The number of aryl methyl sites for hydroxylation is 2. The fraction of sp³-hybridized carbons (Fsp3) is 0.400. The van der Waals surface area contributed by atoms with Crippen molar-refractivity contribution in [1.29, 1.82) is 0 Å². The summed E-state index contributed by atoms with van der Waals surface area (Å²) < 4.78 is 2.00. The summed E-state index contributed by atoms with van der Waals surface area (Å²) in [6.07, 6.45) is 1.98. The Morgan fingerprint density at radius 1 is 1.15 bits per heavy atom. The van der Waals surface area contributed by atoms with Gasteiger partial charge in [0.05, 0.1) is 5.69 Å². The third kappa shape index (κ3) is 3.42. The highest BCUT2D eigenvalue weighted by molar-refractivity contribution is 7.05. The third-order valence-corrected chi connectivity index (χ3v) is 4.04. The molecule has 0 saturated carbocycles. The van der Waals surface area contributed by atoms with Gasteiger partial charge in [0.1, 0.15) is 0 Å². The van der Waals surface area contributed by atoms with Gasteiger partial charge < -0.3 is 4.90 Å². The fourth-order valence-corrected chi connectivity index (χ4v) is 2.68. The molecule has 0 N–H and O–H groups in total. The number of benzene rings is 1. The van der Waals surface area contributed by atoms with Crippen molar-refractivity contribution >= 4 is 27.9 Å². The third-order valence-electron chi connectivity index (χ3n) is 3.23. The molecular weight excluding hydrogens is 268 g/mol. The molecule has 0 spiro atoms. The van der Waals surface area contributed by atoms with E-state index >= 15 is 0 Å². The molecule has 1 aromatic heterocycles. The van der Waals surface area contributed by atoms with Crippen LogP contribution in [0.4, 0.5) is 16.4 Å². The van der Waals surface area contributed by atoms with E-state index in [2.05, 4.69) is 48.0 Å². The van der Waals surface area contributed by atoms with Crippen LogP contribution in [0.2, 0.25) is 0 Å². The van der Waals surface area contributed by atoms with E-state index in [9.17, 15) is 0 Å². The Kier molecular flexibility index (Phi) is 4.84. The Morgan fingerprint density at radius 3 is 2.45 bits per heavy atom. The molecule has 0 fully saturated rings. The minimum atomic E-state index is 0.916. The molecular formula is C15H21N4S+. The van der Waals surface area contributed by atoms with Crippen LogP contribution in [-0.2, 0) is 7.05 Å². The molecule has 4 nitrogen and oxygen atoms in total. The largest absolute Gasteiger partial charge is 0.372 e. The van der Waals surface area contributed by atoms with Gasteiger partial charge in [0, 0.05) is 24.8 Å². The van der Waals surface area contributed by atoms with Crippen LogP contribution >= 0.6 is 11.5 Å². The van der Waals surface area contributed by atoms with Crippen LogP contribution in [-0.4, -0.2) is 13.1 Å². The standard InChI is InChI=1S/C15H21N4S/c1-5-19(6-2)13-7-8-14(12(3)11-13)16-17-15-9-10-18(4)20-15/h7-11H,5-6H2,1-4H3/q+1. The van der Waals surface area contributed by atoms with Gasteiger partial charge in [-0.05, 0) is 44.5 Å². The van der Waals surface area contributed by atoms with Gasteiger partial charge in [-0.2, -0.15) is 0 Å². The molecule has 0 amide bonds. The number of aromatic nitrogens is 1. The van der Waals surface area contributed by atoms with Crippen molar-refractivity contribution in [2.75, 3.05) is 18.0 Å². The van der Waals surface area contributed by atoms with E-state index in [4.69, 9.17) is 0 Å². The SMILES string of the molecule is CCN(CC)c1ccc(N=Nc2cc[n+](C)s2)c(C)c1. The highest BCUT2D eigenvalue weighted by Gasteiger charge is 2.05. The molecule has 0 unspecified atom stereocenters. The smallest absolute Gasteiger partial charge is 0.208 e. The molecule has 1 aromatic carbocycles. The van der Waals surface area contributed by atoms with Crippen molar-refractivity contribution in [2.24, 2.45) is 17.3 Å². The zero-order valence-corrected chi connectivity index (χ0v) is 13.3. The van der Waals surface area contributed by atoms with Crippen LogP contribution in [0, 0.1) is 6.92 Å². The molecule has 20 heavy (non-hydrogen) atoms. The molecule has 106 valence electrons. The number of rotatable bonds is 5. The number of hydrogen-bond donors (Lipinski definition) is 0. The van der Waals surface area contributed by atoms with Gasteiger partial charge in [-0.1, -0.05) is 0 Å². The second-order valence-electron chi connectivity index (χ2n) is 4.63. The summed E-state index contributed by atoms with van der Waals surface area (Å²) in [7, 11) is 1.99. The summed E-state index contributed by atoms with van der Waals surface area (Å²) in [5, 5.41) is 9.54. The average Bonchev–Trinajstić information content (AvgIpc) is 2.85. The summed E-state index contributed by atoms with van der Waals surface area (Å²) >= 11 is 1.58. The lowest BCUT2D eigenvalue weighted by atomic mass is 10.1. The Bertz CT molecular complexity index is 600. The highest BCUT2D eigenvalue weighted by atomic mass is 32.1. The van der Waals surface area contributed by atoms with Crippen LogP contribution < -0.4 is 8.86 Å². The summed E-state index contributed by atoms with van der Waals surface area (Å²) in [5.41, 5.74) is 3.32. The monoisotopic (exact) mass is 289 g/mol. The van der Waals surface area contributed by atoms with E-state index < -0.39 is 0 Å². The summed E-state index contributed by atoms with van der Waals surface area (Å²) in [6.45, 7) is 8.45. The van der Waals surface area contributed by atoms with E-state index in [0.717, 1.165) is 29.3 Å². The first-order chi connectivity index (χ1) is 9.63. The first kappa shape index (κ1) is 14.7. The fourth-order valence-electron chi connectivity index (χ4n) is 2.07. The zero-order valence-electron chi connectivity index (χ0n) is 12.5. The lowest BCUT2D eigenvalue weighted by Crippen LogP contribution is -2.21. The molecule has 2 aromatic rings. The van der Waals surface area contributed by atoms with Gasteiger partial charge in [0.25, 0.3) is 0 Å². The maximum Gasteiger partial charge on any atom is 0.208 e. The van der Waals surface area contributed by atoms with Gasteiger partial charge in [-0.3, -0.25) is 0 Å². The van der Waals surface area contributed by atoms with Gasteiger partial charge in [0.2, 0.25) is 5.00 Å². The molecule has 0 saturated heterocycles. The predicted octanol–water partition coefficient (Wildman–Crippen LogP) is 4.14. The average molecular weight is 289 g/mol. The van der Waals surface area contributed by atoms with Crippen LogP contribution in [0.25, 0.3) is 0 Å². The highest BCUT2D eigenvalue weighted by Crippen LogP contribution is 2.27. The van der Waals surface area contributed by atoms with Gasteiger partial charge in [0.15, 0.2) is 24.8 Å². The summed E-state index contributed by atoms with van der Waals surface area (Å²) in [5.74, 6) is 0. The number of hydrogen-bond acceptors (Lipinski definition) is 4. The van der Waals surface area contributed by atoms with Gasteiger partial charge >= 0.3 is 0 Å². The van der Waals surface area contributed by atoms with Crippen molar-refractivity contribution in [1.82, 2.24) is 0 Å². The molecule has 5 heteroatoms. The molecule has 0 bridgehead atoms. The van der Waals surface area contributed by atoms with E-state index in [0.29, 0.717) is 0 Å². The van der Waals surface area contributed by atoms with Crippen molar-refractivity contribution in [3.05, 3.63) is 36.0 Å². The molecule has 1 heterocycles. The van der Waals surface area contributed by atoms with E-state index in [-0.39, 0.29) is 0 Å². The first-order valence-corrected chi connectivity index (χ1v) is 7.64. The normalized spacial score (nSPS) is 11.2. The molecule has 0 aliphatic rings. The van der Waals surface area contributed by atoms with Crippen molar-refractivity contribution in [2.45, 2.75) is 20.8 Å². The second kappa shape index (κ2) is 6.61. The number of azo groups is 1. The maximum atomic E-state index is 4.35. The van der Waals surface area contributed by atoms with Crippen molar-refractivity contribution < 1.29 is 3.96 Å². The van der Waals surface area contributed by atoms with Crippen LogP contribution in [0.5, 0.6) is 0 Å². The van der Waals surface area contributed by atoms with Crippen molar-refractivity contribution in [3.8, 4) is 0 Å². The second-order valence-corrected chi connectivity index (χ2v) is 5.81. The topological polar surface area (TPSA) is 31.8 Å². The van der Waals surface area contributed by atoms with Gasteiger partial charge in [-0.25, -0.2) is 0 Å². The Morgan fingerprint density at radius 2 is 1.90 bits per heavy atom. The summed E-state index contributed by atoms with van der Waals surface area (Å²) in [4.78, 5) is 2.33. The molecule has 0 aliphatic heterocycles. The number of anilines is 1. The Labute approximate surface area is 124 Å². The van der Waals surface area contributed by atoms with Crippen LogP contribution in [0.3, 0.4) is 0 Å². The number of nitrogens with zero attached hydrogens (tertiary/aromatic N) is 4. The molecule has 0 aliphatic carbocycles. The Hall–Kier alpha value is -1.75. The zero-order chi connectivity index (χ0) is 14.5. The molecule has 2 rings (SSSR count). The molecule has 0 radical (unpaired) electrons. The maximum absolute atomic E-state index is 4.35. The van der Waals surface area contributed by atoms with E-state index in [1.807, 2.05) is 29.3 Å². The van der Waals surface area contributed by atoms with Crippen molar-refractivity contribution in [3.63, 3.8) is 0 Å². The minimum Gasteiger partial charge on any atom is -0.372 e. The lowest BCUT2D eigenvalue weighted by Gasteiger charge is -2.21. The van der Waals surface area contributed by atoms with E-state index in [1.54, 1.807) is 11.5 Å². The molecule has 0 atom stereocenters. The van der Waals surface area contributed by atoms with Crippen LogP contribution in [0.1, 0.15) is 19.4 Å². The van der Waals surface area contributed by atoms with Crippen LogP contribution in [0.15, 0.2) is 40.7 Å². The predicted molar refractivity (Wildman–Crippen MR) is 84.4 cm³/mol. The van der Waals surface area contributed by atoms with Gasteiger partial charge in [-0.15, -0.1) is 14.2 Å². The van der Waals surface area contributed by atoms with E-state index in [1.165, 1.54) is 5.69 Å². The lowest BCUT2D eigenvalue weighted by molar-refractivity contribution is -0.600. The Balaban J connectivity index is 2.19.